The number of aromatic nitrogens is 1. The molecule has 0 saturated carbocycles. The highest BCUT2D eigenvalue weighted by Crippen LogP contribution is 2.39. The Morgan fingerprint density at radius 1 is 1.32 bits per heavy atom. The summed E-state index contributed by atoms with van der Waals surface area (Å²) in [7, 11) is 1.93. The molecule has 0 unspecified atom stereocenters. The van der Waals surface area contributed by atoms with Crippen molar-refractivity contribution >= 4 is 5.91 Å². The number of likely N-dealkylation sites (tertiary alicyclic amines) is 2. The Bertz CT molecular complexity index is 659. The first-order valence-electron chi connectivity index (χ1n) is 9.61. The molecule has 5 heteroatoms. The van der Waals surface area contributed by atoms with E-state index < -0.39 is 0 Å². The van der Waals surface area contributed by atoms with Crippen molar-refractivity contribution in [3.05, 3.63) is 23.5 Å². The molecule has 1 atom stereocenters. The molecule has 0 aromatic carbocycles. The van der Waals surface area contributed by atoms with E-state index in [1.165, 1.54) is 18.4 Å². The normalized spacial score (nSPS) is 24.7. The second-order valence-electron chi connectivity index (χ2n) is 7.94. The van der Waals surface area contributed by atoms with Gasteiger partial charge in [0.25, 0.3) is 0 Å². The average Bonchev–Trinajstić information content (AvgIpc) is 2.95. The van der Waals surface area contributed by atoms with E-state index >= 15 is 0 Å². The summed E-state index contributed by atoms with van der Waals surface area (Å²) in [5.41, 5.74) is 2.20. The summed E-state index contributed by atoms with van der Waals surface area (Å²) >= 11 is 0. The lowest BCUT2D eigenvalue weighted by Crippen LogP contribution is -2.53. The molecule has 0 aliphatic carbocycles. The Morgan fingerprint density at radius 3 is 2.88 bits per heavy atom. The zero-order valence-electron chi connectivity index (χ0n) is 15.6. The molecule has 2 saturated heterocycles. The van der Waals surface area contributed by atoms with Crippen LogP contribution < -0.4 is 0 Å². The van der Waals surface area contributed by atoms with Crippen molar-refractivity contribution in [2.45, 2.75) is 52.0 Å². The number of hydrogen-bond acceptors (Lipinski definition) is 3. The van der Waals surface area contributed by atoms with Gasteiger partial charge in [-0.25, -0.2) is 0 Å². The number of rotatable bonds is 5. The molecule has 2 aliphatic rings. The van der Waals surface area contributed by atoms with Gasteiger partial charge < -0.3 is 9.47 Å². The van der Waals surface area contributed by atoms with Crippen LogP contribution in [0, 0.1) is 16.7 Å². The molecular weight excluding hydrogens is 312 g/mol. The summed E-state index contributed by atoms with van der Waals surface area (Å²) in [5, 5.41) is 9.14. The summed E-state index contributed by atoms with van der Waals surface area (Å²) in [6.45, 7) is 7.12. The van der Waals surface area contributed by atoms with Gasteiger partial charge in [0, 0.05) is 51.3 Å². The van der Waals surface area contributed by atoms with E-state index in [2.05, 4.69) is 29.0 Å². The number of aryl methyl sites for hydroxylation is 1. The standard InChI is InChI=1S/C20H30N4O/c1-3-4-10-24-16-20(8-6-19(24)25)7-5-9-23(15-20)14-17-11-18(12-21)22(2)13-17/h11,13H,3-10,14-16H2,1-2H3/t20-/m1/s1. The van der Waals surface area contributed by atoms with Gasteiger partial charge in [-0.15, -0.1) is 0 Å². The van der Waals surface area contributed by atoms with Gasteiger partial charge in [0.15, 0.2) is 0 Å². The van der Waals surface area contributed by atoms with E-state index in [4.69, 9.17) is 5.26 Å². The largest absolute Gasteiger partial charge is 0.342 e. The third-order valence-corrected chi connectivity index (χ3v) is 5.85. The van der Waals surface area contributed by atoms with Crippen LogP contribution in [0.5, 0.6) is 0 Å². The van der Waals surface area contributed by atoms with Crippen LogP contribution in [0.3, 0.4) is 0 Å². The predicted octanol–water partition coefficient (Wildman–Crippen LogP) is 2.90. The average molecular weight is 342 g/mol. The summed E-state index contributed by atoms with van der Waals surface area (Å²) < 4.78 is 1.90. The van der Waals surface area contributed by atoms with E-state index in [0.717, 1.165) is 57.7 Å². The summed E-state index contributed by atoms with van der Waals surface area (Å²) in [4.78, 5) is 16.9. The number of hydrogen-bond donors (Lipinski definition) is 0. The monoisotopic (exact) mass is 342 g/mol. The fourth-order valence-corrected chi connectivity index (χ4v) is 4.52. The Kier molecular flexibility index (Phi) is 5.48. The maximum absolute atomic E-state index is 12.3. The maximum atomic E-state index is 12.3. The van der Waals surface area contributed by atoms with Crippen LogP contribution in [0.4, 0.5) is 0 Å². The van der Waals surface area contributed by atoms with Gasteiger partial charge in [0.1, 0.15) is 11.8 Å². The highest BCUT2D eigenvalue weighted by Gasteiger charge is 2.41. The third kappa shape index (κ3) is 4.07. The first-order valence-corrected chi connectivity index (χ1v) is 9.61. The topological polar surface area (TPSA) is 52.3 Å². The number of piperidine rings is 2. The lowest BCUT2D eigenvalue weighted by atomic mass is 9.73. The van der Waals surface area contributed by atoms with E-state index in [-0.39, 0.29) is 5.41 Å². The lowest BCUT2D eigenvalue weighted by molar-refractivity contribution is -0.139. The minimum absolute atomic E-state index is 0.271. The number of carbonyl (C=O) groups excluding carboxylic acids is 1. The van der Waals surface area contributed by atoms with Gasteiger partial charge in [-0.05, 0) is 43.9 Å². The molecule has 136 valence electrons. The molecule has 3 rings (SSSR count). The number of nitriles is 1. The van der Waals surface area contributed by atoms with Crippen LogP contribution in [0.15, 0.2) is 12.3 Å². The summed E-state index contributed by atoms with van der Waals surface area (Å²) in [6, 6.07) is 4.24. The van der Waals surface area contributed by atoms with Gasteiger partial charge in [0.2, 0.25) is 5.91 Å². The van der Waals surface area contributed by atoms with Gasteiger partial charge in [0.05, 0.1) is 0 Å². The molecular formula is C20H30N4O. The van der Waals surface area contributed by atoms with Crippen molar-refractivity contribution in [3.63, 3.8) is 0 Å². The molecule has 1 aromatic rings. The summed E-state index contributed by atoms with van der Waals surface area (Å²) in [5.74, 6) is 0.345. The molecule has 1 spiro atoms. The van der Waals surface area contributed by atoms with Crippen molar-refractivity contribution < 1.29 is 4.79 Å². The van der Waals surface area contributed by atoms with Crippen LogP contribution in [0.2, 0.25) is 0 Å². The molecule has 25 heavy (non-hydrogen) atoms. The molecule has 5 nitrogen and oxygen atoms in total. The van der Waals surface area contributed by atoms with Crippen molar-refractivity contribution in [2.75, 3.05) is 26.2 Å². The quantitative estimate of drug-likeness (QED) is 0.827. The first-order chi connectivity index (χ1) is 12.0. The van der Waals surface area contributed by atoms with Crippen molar-refractivity contribution in [1.82, 2.24) is 14.4 Å². The molecule has 1 aromatic heterocycles. The van der Waals surface area contributed by atoms with Crippen molar-refractivity contribution in [3.8, 4) is 6.07 Å². The highest BCUT2D eigenvalue weighted by molar-refractivity contribution is 5.77. The second kappa shape index (κ2) is 7.61. The first kappa shape index (κ1) is 18.0. The minimum atomic E-state index is 0.271. The Hall–Kier alpha value is -1.80. The predicted molar refractivity (Wildman–Crippen MR) is 97.8 cm³/mol. The van der Waals surface area contributed by atoms with E-state index in [0.29, 0.717) is 12.3 Å². The molecule has 2 fully saturated rings. The highest BCUT2D eigenvalue weighted by atomic mass is 16.2. The number of carbonyl (C=O) groups is 1. The minimum Gasteiger partial charge on any atom is -0.342 e. The smallest absolute Gasteiger partial charge is 0.222 e. The van der Waals surface area contributed by atoms with E-state index in [1.807, 2.05) is 17.7 Å². The number of nitrogens with zero attached hydrogens (tertiary/aromatic N) is 4. The van der Waals surface area contributed by atoms with Crippen molar-refractivity contribution in [2.24, 2.45) is 12.5 Å². The molecule has 0 radical (unpaired) electrons. The van der Waals surface area contributed by atoms with Gasteiger partial charge in [-0.2, -0.15) is 5.26 Å². The van der Waals surface area contributed by atoms with Crippen LogP contribution in [0.1, 0.15) is 56.7 Å². The van der Waals surface area contributed by atoms with Crippen LogP contribution in [-0.4, -0.2) is 46.5 Å². The zero-order valence-corrected chi connectivity index (χ0v) is 15.6. The Morgan fingerprint density at radius 2 is 2.16 bits per heavy atom. The van der Waals surface area contributed by atoms with E-state index in [9.17, 15) is 4.79 Å². The van der Waals surface area contributed by atoms with Crippen LogP contribution in [0.25, 0.3) is 0 Å². The second-order valence-corrected chi connectivity index (χ2v) is 7.94. The zero-order chi connectivity index (χ0) is 17.9. The Balaban J connectivity index is 1.65. The fraction of sp³-hybridized carbons (Fsp3) is 0.700. The molecule has 0 N–H and O–H groups in total. The Labute approximate surface area is 151 Å². The molecule has 3 heterocycles. The van der Waals surface area contributed by atoms with Gasteiger partial charge in [-0.1, -0.05) is 13.3 Å². The van der Waals surface area contributed by atoms with Crippen molar-refractivity contribution in [1.29, 1.82) is 5.26 Å². The molecule has 0 bridgehead atoms. The fourth-order valence-electron chi connectivity index (χ4n) is 4.52. The maximum Gasteiger partial charge on any atom is 0.222 e. The molecule has 1 amide bonds. The number of unbranched alkanes of at least 4 members (excludes halogenated alkanes) is 1. The molecule has 2 aliphatic heterocycles. The van der Waals surface area contributed by atoms with E-state index in [1.54, 1.807) is 0 Å². The SMILES string of the molecule is CCCCN1C[C@]2(CCCN(Cc3cc(C#N)n(C)c3)C2)CCC1=O. The summed E-state index contributed by atoms with van der Waals surface area (Å²) in [6.07, 6.45) is 8.48. The van der Waals surface area contributed by atoms with Crippen LogP contribution >= 0.6 is 0 Å². The lowest BCUT2D eigenvalue weighted by Gasteiger charge is -2.48. The number of amides is 1. The van der Waals surface area contributed by atoms with Gasteiger partial charge >= 0.3 is 0 Å². The van der Waals surface area contributed by atoms with Gasteiger partial charge in [-0.3, -0.25) is 9.69 Å². The third-order valence-electron chi connectivity index (χ3n) is 5.85. The van der Waals surface area contributed by atoms with Crippen LogP contribution in [-0.2, 0) is 18.4 Å².